The van der Waals surface area contributed by atoms with E-state index in [9.17, 15) is 0 Å². The van der Waals surface area contributed by atoms with Crippen LogP contribution in [0.4, 0.5) is 0 Å². The van der Waals surface area contributed by atoms with Gasteiger partial charge in [0.2, 0.25) is 0 Å². The van der Waals surface area contributed by atoms with Gasteiger partial charge >= 0.3 is 0 Å². The zero-order valence-electron chi connectivity index (χ0n) is 11.5. The summed E-state index contributed by atoms with van der Waals surface area (Å²) >= 11 is 0. The highest BCUT2D eigenvalue weighted by molar-refractivity contribution is 5.83. The minimum Gasteiger partial charge on any atom is -0.497 e. The van der Waals surface area contributed by atoms with Crippen molar-refractivity contribution in [2.45, 2.75) is 6.42 Å². The molecular formula is C16H16N2O2. The average Bonchev–Trinajstić information content (AvgIpc) is 2.89. The van der Waals surface area contributed by atoms with E-state index in [1.807, 2.05) is 30.3 Å². The lowest BCUT2D eigenvalue weighted by molar-refractivity contribution is 0.397. The van der Waals surface area contributed by atoms with Gasteiger partial charge in [0.15, 0.2) is 0 Å². The van der Waals surface area contributed by atoms with Gasteiger partial charge in [-0.05, 0) is 5.56 Å². The number of ether oxygens (including phenoxy) is 2. The summed E-state index contributed by atoms with van der Waals surface area (Å²) in [4.78, 5) is 7.94. The molecule has 4 nitrogen and oxygen atoms in total. The number of fused-ring (bicyclic) bond motifs is 1. The summed E-state index contributed by atoms with van der Waals surface area (Å²) in [5, 5.41) is 0. The molecule has 0 aliphatic rings. The van der Waals surface area contributed by atoms with E-state index >= 15 is 0 Å². The van der Waals surface area contributed by atoms with Crippen LogP contribution in [-0.2, 0) is 6.42 Å². The van der Waals surface area contributed by atoms with Gasteiger partial charge in [0, 0.05) is 18.6 Å². The van der Waals surface area contributed by atoms with Crippen molar-refractivity contribution in [3.05, 3.63) is 53.9 Å². The molecule has 0 radical (unpaired) electrons. The largest absolute Gasteiger partial charge is 0.497 e. The highest BCUT2D eigenvalue weighted by atomic mass is 16.5. The molecule has 1 aromatic heterocycles. The van der Waals surface area contributed by atoms with E-state index < -0.39 is 0 Å². The molecule has 0 atom stereocenters. The molecule has 3 rings (SSSR count). The Morgan fingerprint density at radius 1 is 1.05 bits per heavy atom. The van der Waals surface area contributed by atoms with Gasteiger partial charge in [0.1, 0.15) is 22.8 Å². The lowest BCUT2D eigenvalue weighted by Crippen LogP contribution is -1.89. The van der Waals surface area contributed by atoms with E-state index in [0.717, 1.165) is 34.8 Å². The third kappa shape index (κ3) is 2.32. The van der Waals surface area contributed by atoms with Gasteiger partial charge in [0.25, 0.3) is 0 Å². The number of nitrogens with one attached hydrogen (secondary N) is 1. The maximum absolute atomic E-state index is 5.37. The first kappa shape index (κ1) is 12.5. The van der Waals surface area contributed by atoms with Crippen LogP contribution >= 0.6 is 0 Å². The number of H-pyrrole nitrogens is 1. The number of imidazole rings is 1. The van der Waals surface area contributed by atoms with Crippen LogP contribution in [-0.4, -0.2) is 24.2 Å². The number of rotatable bonds is 4. The summed E-state index contributed by atoms with van der Waals surface area (Å²) in [6.07, 6.45) is 0.765. The fraction of sp³-hybridized carbons (Fsp3) is 0.188. The molecule has 1 heterocycles. The molecule has 1 N–H and O–H groups in total. The number of benzene rings is 2. The van der Waals surface area contributed by atoms with E-state index in [1.54, 1.807) is 14.2 Å². The Balaban J connectivity index is 2.01. The summed E-state index contributed by atoms with van der Waals surface area (Å²) < 4.78 is 10.6. The topological polar surface area (TPSA) is 47.1 Å². The SMILES string of the molecule is COc1cc(OC)c2nc(Cc3ccccc3)[nH]c2c1. The maximum Gasteiger partial charge on any atom is 0.150 e. The Labute approximate surface area is 117 Å². The summed E-state index contributed by atoms with van der Waals surface area (Å²) in [5.74, 6) is 2.39. The summed E-state index contributed by atoms with van der Waals surface area (Å²) in [7, 11) is 3.28. The second-order valence-electron chi connectivity index (χ2n) is 4.57. The van der Waals surface area contributed by atoms with Crippen LogP contribution in [0.25, 0.3) is 11.0 Å². The predicted octanol–water partition coefficient (Wildman–Crippen LogP) is 3.17. The molecule has 0 unspecified atom stereocenters. The van der Waals surface area contributed by atoms with Gasteiger partial charge in [-0.3, -0.25) is 0 Å². The molecule has 2 aromatic carbocycles. The normalized spacial score (nSPS) is 10.7. The van der Waals surface area contributed by atoms with Gasteiger partial charge in [-0.1, -0.05) is 30.3 Å². The molecule has 0 fully saturated rings. The lowest BCUT2D eigenvalue weighted by atomic mass is 10.1. The maximum atomic E-state index is 5.37. The Bertz CT molecular complexity index is 720. The quantitative estimate of drug-likeness (QED) is 0.790. The molecule has 0 aliphatic carbocycles. The van der Waals surface area contributed by atoms with Crippen molar-refractivity contribution in [3.8, 4) is 11.5 Å². The van der Waals surface area contributed by atoms with Crippen molar-refractivity contribution < 1.29 is 9.47 Å². The van der Waals surface area contributed by atoms with Crippen molar-refractivity contribution in [2.24, 2.45) is 0 Å². The van der Waals surface area contributed by atoms with E-state index in [2.05, 4.69) is 22.1 Å². The molecule has 0 spiro atoms. The first-order valence-corrected chi connectivity index (χ1v) is 6.44. The second kappa shape index (κ2) is 5.25. The lowest BCUT2D eigenvalue weighted by Gasteiger charge is -2.03. The Morgan fingerprint density at radius 2 is 1.85 bits per heavy atom. The van der Waals surface area contributed by atoms with Gasteiger partial charge < -0.3 is 14.5 Å². The van der Waals surface area contributed by atoms with Gasteiger partial charge in [0.05, 0.1) is 19.7 Å². The second-order valence-corrected chi connectivity index (χ2v) is 4.57. The van der Waals surface area contributed by atoms with Gasteiger partial charge in [-0.25, -0.2) is 4.98 Å². The molecule has 3 aromatic rings. The smallest absolute Gasteiger partial charge is 0.150 e. The number of aromatic amines is 1. The van der Waals surface area contributed by atoms with Crippen LogP contribution in [0.1, 0.15) is 11.4 Å². The minimum atomic E-state index is 0.718. The van der Waals surface area contributed by atoms with Crippen LogP contribution < -0.4 is 9.47 Å². The molecule has 0 aliphatic heterocycles. The number of hydrogen-bond acceptors (Lipinski definition) is 3. The first-order chi connectivity index (χ1) is 9.80. The van der Waals surface area contributed by atoms with E-state index in [4.69, 9.17) is 9.47 Å². The minimum absolute atomic E-state index is 0.718. The zero-order chi connectivity index (χ0) is 13.9. The standard InChI is InChI=1S/C16H16N2O2/c1-19-12-9-13-16(14(10-12)20-2)18-15(17-13)8-11-6-4-3-5-7-11/h3-7,9-10H,8H2,1-2H3,(H,17,18). The third-order valence-corrected chi connectivity index (χ3v) is 3.24. The molecule has 0 amide bonds. The fourth-order valence-electron chi connectivity index (χ4n) is 2.26. The van der Waals surface area contributed by atoms with Crippen molar-refractivity contribution in [2.75, 3.05) is 14.2 Å². The van der Waals surface area contributed by atoms with Crippen LogP contribution in [0.3, 0.4) is 0 Å². The van der Waals surface area contributed by atoms with Crippen LogP contribution in [0.15, 0.2) is 42.5 Å². The molecule has 0 saturated carbocycles. The van der Waals surface area contributed by atoms with Crippen molar-refractivity contribution in [1.82, 2.24) is 9.97 Å². The van der Waals surface area contributed by atoms with E-state index in [1.165, 1.54) is 5.56 Å². The highest BCUT2D eigenvalue weighted by Gasteiger charge is 2.11. The van der Waals surface area contributed by atoms with E-state index in [0.29, 0.717) is 0 Å². The Morgan fingerprint density at radius 3 is 2.55 bits per heavy atom. The van der Waals surface area contributed by atoms with Crippen LogP contribution in [0.2, 0.25) is 0 Å². The molecule has 0 bridgehead atoms. The molecule has 4 heteroatoms. The summed E-state index contributed by atoms with van der Waals surface area (Å²) in [6.45, 7) is 0. The summed E-state index contributed by atoms with van der Waals surface area (Å²) in [5.41, 5.74) is 2.98. The van der Waals surface area contributed by atoms with Crippen molar-refractivity contribution in [1.29, 1.82) is 0 Å². The fourth-order valence-corrected chi connectivity index (χ4v) is 2.26. The van der Waals surface area contributed by atoms with Crippen molar-refractivity contribution >= 4 is 11.0 Å². The first-order valence-electron chi connectivity index (χ1n) is 6.44. The molecule has 0 saturated heterocycles. The predicted molar refractivity (Wildman–Crippen MR) is 78.4 cm³/mol. The number of hydrogen-bond donors (Lipinski definition) is 1. The average molecular weight is 268 g/mol. The Kier molecular flexibility index (Phi) is 3.29. The van der Waals surface area contributed by atoms with Crippen molar-refractivity contribution in [3.63, 3.8) is 0 Å². The van der Waals surface area contributed by atoms with Crippen LogP contribution in [0, 0.1) is 0 Å². The zero-order valence-corrected chi connectivity index (χ0v) is 11.5. The molecular weight excluding hydrogens is 252 g/mol. The molecule has 102 valence electrons. The van der Waals surface area contributed by atoms with Gasteiger partial charge in [-0.2, -0.15) is 0 Å². The van der Waals surface area contributed by atoms with E-state index in [-0.39, 0.29) is 0 Å². The Hall–Kier alpha value is -2.49. The highest BCUT2D eigenvalue weighted by Crippen LogP contribution is 2.29. The van der Waals surface area contributed by atoms with Gasteiger partial charge in [-0.15, -0.1) is 0 Å². The number of methoxy groups -OCH3 is 2. The summed E-state index contributed by atoms with van der Waals surface area (Å²) in [6, 6.07) is 14.0. The molecule has 20 heavy (non-hydrogen) atoms. The third-order valence-electron chi connectivity index (χ3n) is 3.24. The monoisotopic (exact) mass is 268 g/mol. The number of aromatic nitrogens is 2. The number of nitrogens with zero attached hydrogens (tertiary/aromatic N) is 1. The van der Waals surface area contributed by atoms with Crippen LogP contribution in [0.5, 0.6) is 11.5 Å².